The van der Waals surface area contributed by atoms with Crippen molar-refractivity contribution in [2.24, 2.45) is 0 Å². The number of hydrogen-bond donors (Lipinski definition) is 2. The average Bonchev–Trinajstić information content (AvgIpc) is 2.66. The third kappa shape index (κ3) is 3.83. The molecule has 2 rings (SSSR count). The van der Waals surface area contributed by atoms with Gasteiger partial charge in [-0.2, -0.15) is 0 Å². The highest BCUT2D eigenvalue weighted by Crippen LogP contribution is 2.50. The molecule has 128 valence electrons. The Morgan fingerprint density at radius 2 is 1.33 bits per heavy atom. The van der Waals surface area contributed by atoms with Gasteiger partial charge in [-0.15, -0.1) is 12.6 Å². The molecule has 0 atom stereocenters. The van der Waals surface area contributed by atoms with Gasteiger partial charge in [0.15, 0.2) is 11.5 Å². The quantitative estimate of drug-likeness (QED) is 0.640. The summed E-state index contributed by atoms with van der Waals surface area (Å²) in [4.78, 5) is 23.9. The Hall–Kier alpha value is -2.61. The Kier molecular flexibility index (Phi) is 5.75. The number of fused-ring (bicyclic) bond motifs is 1. The monoisotopic (exact) mass is 351 g/mol. The summed E-state index contributed by atoms with van der Waals surface area (Å²) in [5, 5.41) is 0. The molecule has 2 N–H and O–H groups in total. The molecule has 7 nitrogen and oxygen atoms in total. The lowest BCUT2D eigenvalue weighted by Gasteiger charge is -2.05. The zero-order chi connectivity index (χ0) is 17.7. The van der Waals surface area contributed by atoms with Crippen molar-refractivity contribution >= 4 is 30.6 Å². The first-order chi connectivity index (χ1) is 11.5. The summed E-state index contributed by atoms with van der Waals surface area (Å²) < 4.78 is 19.8. The Morgan fingerprint density at radius 3 is 1.71 bits per heavy atom. The summed E-state index contributed by atoms with van der Waals surface area (Å²) in [7, 11) is 0. The third-order valence-electron chi connectivity index (χ3n) is 3.01. The fourth-order valence-corrected chi connectivity index (χ4v) is 2.19. The van der Waals surface area contributed by atoms with Gasteiger partial charge in [0.1, 0.15) is 5.69 Å². The lowest BCUT2D eigenvalue weighted by molar-refractivity contribution is 0.104. The maximum Gasteiger partial charge on any atom is 0.513 e. The zero-order valence-electron chi connectivity index (χ0n) is 13.2. The van der Waals surface area contributed by atoms with Crippen LogP contribution in [0, 0.1) is 0 Å². The molecule has 0 saturated carbocycles. The fraction of sp³-hybridized carbons (Fsp3) is 0.250. The van der Waals surface area contributed by atoms with E-state index in [9.17, 15) is 9.59 Å². The Bertz CT molecular complexity index is 675. The van der Waals surface area contributed by atoms with Gasteiger partial charge in [0.25, 0.3) is 0 Å². The highest BCUT2D eigenvalue weighted by Gasteiger charge is 2.27. The first-order valence-electron chi connectivity index (χ1n) is 7.21. The van der Waals surface area contributed by atoms with Crippen LogP contribution >= 0.6 is 12.6 Å². The second-order valence-electron chi connectivity index (χ2n) is 4.56. The van der Waals surface area contributed by atoms with Gasteiger partial charge in [-0.25, -0.2) is 9.59 Å². The van der Waals surface area contributed by atoms with Gasteiger partial charge >= 0.3 is 12.3 Å². The summed E-state index contributed by atoms with van der Waals surface area (Å²) in [5.74, 6) is 0.0957. The van der Waals surface area contributed by atoms with E-state index < -0.39 is 12.3 Å². The second kappa shape index (κ2) is 7.78. The van der Waals surface area contributed by atoms with Gasteiger partial charge in [0, 0.05) is 16.0 Å². The van der Waals surface area contributed by atoms with Crippen molar-refractivity contribution in [3.05, 3.63) is 24.3 Å². The maximum absolute atomic E-state index is 11.6. The molecule has 0 spiro atoms. The highest BCUT2D eigenvalue weighted by atomic mass is 32.1. The first kappa shape index (κ1) is 17.7. The minimum absolute atomic E-state index is 0.00183. The van der Waals surface area contributed by atoms with E-state index in [0.29, 0.717) is 16.0 Å². The smallest absolute Gasteiger partial charge is 0.434 e. The fourth-order valence-electron chi connectivity index (χ4n) is 2.04. The van der Waals surface area contributed by atoms with Gasteiger partial charge in [-0.05, 0) is 38.1 Å². The molecular formula is C16H17NO6S. The van der Waals surface area contributed by atoms with Crippen LogP contribution in [0.5, 0.6) is 11.5 Å². The number of nitrogen functional groups attached to an aromatic ring is 1. The number of rotatable bonds is 4. The first-order valence-corrected chi connectivity index (χ1v) is 7.66. The van der Waals surface area contributed by atoms with Crippen molar-refractivity contribution in [3.8, 4) is 22.6 Å². The maximum atomic E-state index is 11.6. The number of thiol groups is 1. The van der Waals surface area contributed by atoms with Crippen LogP contribution in [-0.4, -0.2) is 25.5 Å². The number of anilines is 1. The van der Waals surface area contributed by atoms with Crippen molar-refractivity contribution in [2.75, 3.05) is 18.9 Å². The number of nitrogens with two attached hydrogens (primary N) is 1. The summed E-state index contributed by atoms with van der Waals surface area (Å²) in [5.41, 5.74) is 6.94. The van der Waals surface area contributed by atoms with E-state index in [1.807, 2.05) is 0 Å². The lowest BCUT2D eigenvalue weighted by Crippen LogP contribution is -2.12. The van der Waals surface area contributed by atoms with E-state index in [-0.39, 0.29) is 30.4 Å². The van der Waals surface area contributed by atoms with E-state index >= 15 is 0 Å². The van der Waals surface area contributed by atoms with E-state index in [1.54, 1.807) is 38.1 Å². The van der Waals surface area contributed by atoms with Crippen LogP contribution in [0.15, 0.2) is 29.2 Å². The molecule has 24 heavy (non-hydrogen) atoms. The standard InChI is InChI=1S/C16H17NO6S/c1-3-20-15(18)22-13-10-7-5-9(24)6-8-11(10)14(12(13)17)23-16(19)21-4-2/h5-8,24H,3-4,17H2,1-2H3. The Morgan fingerprint density at radius 1 is 0.917 bits per heavy atom. The molecule has 8 heteroatoms. The predicted octanol–water partition coefficient (Wildman–Crippen LogP) is 3.73. The van der Waals surface area contributed by atoms with Gasteiger partial charge < -0.3 is 24.7 Å². The molecule has 0 radical (unpaired) electrons. The van der Waals surface area contributed by atoms with Crippen molar-refractivity contribution in [3.63, 3.8) is 0 Å². The summed E-state index contributed by atoms with van der Waals surface area (Å²) in [6.07, 6.45) is -1.81. The molecule has 0 saturated heterocycles. The molecule has 0 fully saturated rings. The van der Waals surface area contributed by atoms with Crippen LogP contribution in [0.2, 0.25) is 0 Å². The van der Waals surface area contributed by atoms with Gasteiger partial charge in [-0.3, -0.25) is 0 Å². The van der Waals surface area contributed by atoms with Crippen molar-refractivity contribution in [1.29, 1.82) is 0 Å². The lowest BCUT2D eigenvalue weighted by atomic mass is 10.2. The molecule has 0 bridgehead atoms. The normalized spacial score (nSPS) is 10.3. The molecule has 0 heterocycles. The molecule has 2 aliphatic carbocycles. The molecule has 0 aromatic rings. The molecule has 0 aromatic heterocycles. The molecule has 0 aromatic carbocycles. The van der Waals surface area contributed by atoms with E-state index in [1.165, 1.54) is 0 Å². The predicted molar refractivity (Wildman–Crippen MR) is 90.0 cm³/mol. The molecular weight excluding hydrogens is 334 g/mol. The van der Waals surface area contributed by atoms with Crippen LogP contribution in [0.1, 0.15) is 13.8 Å². The minimum Gasteiger partial charge on any atom is -0.434 e. The van der Waals surface area contributed by atoms with E-state index in [0.717, 1.165) is 0 Å². The number of ether oxygens (including phenoxy) is 4. The van der Waals surface area contributed by atoms with Crippen LogP contribution in [-0.2, 0) is 9.47 Å². The van der Waals surface area contributed by atoms with E-state index in [4.69, 9.17) is 24.7 Å². The van der Waals surface area contributed by atoms with Crippen LogP contribution in [0.3, 0.4) is 0 Å². The Labute approximate surface area is 144 Å². The SMILES string of the molecule is CCOC(=O)Oc1c2ccc(S)ccc-2c(OC(=O)OCC)c1N. The van der Waals surface area contributed by atoms with Gasteiger partial charge in [-0.1, -0.05) is 0 Å². The molecule has 0 unspecified atom stereocenters. The van der Waals surface area contributed by atoms with Gasteiger partial charge in [0.2, 0.25) is 0 Å². The van der Waals surface area contributed by atoms with E-state index in [2.05, 4.69) is 12.6 Å². The number of carbonyl (C=O) groups is 2. The third-order valence-corrected chi connectivity index (χ3v) is 3.30. The van der Waals surface area contributed by atoms with Crippen molar-refractivity contribution < 1.29 is 28.5 Å². The summed E-state index contributed by atoms with van der Waals surface area (Å²) >= 11 is 4.26. The molecule has 0 aliphatic heterocycles. The van der Waals surface area contributed by atoms with Crippen molar-refractivity contribution in [1.82, 2.24) is 0 Å². The summed E-state index contributed by atoms with van der Waals surface area (Å²) in [6.45, 7) is 3.60. The van der Waals surface area contributed by atoms with Crippen LogP contribution < -0.4 is 15.2 Å². The minimum atomic E-state index is -0.906. The van der Waals surface area contributed by atoms with Crippen LogP contribution in [0.25, 0.3) is 11.1 Å². The molecule has 2 aliphatic rings. The summed E-state index contributed by atoms with van der Waals surface area (Å²) in [6, 6.07) is 6.69. The number of hydrogen-bond acceptors (Lipinski definition) is 8. The zero-order valence-corrected chi connectivity index (χ0v) is 14.1. The second-order valence-corrected chi connectivity index (χ2v) is 5.08. The molecule has 0 amide bonds. The highest BCUT2D eigenvalue weighted by molar-refractivity contribution is 7.80. The Balaban J connectivity index is 2.51. The van der Waals surface area contributed by atoms with Crippen LogP contribution in [0.4, 0.5) is 15.3 Å². The van der Waals surface area contributed by atoms with Gasteiger partial charge in [0.05, 0.1) is 13.2 Å². The largest absolute Gasteiger partial charge is 0.513 e. The van der Waals surface area contributed by atoms with Crippen molar-refractivity contribution in [2.45, 2.75) is 18.7 Å². The topological polar surface area (TPSA) is 97.1 Å². The number of carbonyl (C=O) groups excluding carboxylic acids is 2. The average molecular weight is 351 g/mol.